The van der Waals surface area contributed by atoms with E-state index in [9.17, 15) is 23.3 Å². The van der Waals surface area contributed by atoms with Gasteiger partial charge in [0.25, 0.3) is 5.69 Å². The summed E-state index contributed by atoms with van der Waals surface area (Å²) in [6.45, 7) is 2.68. The summed E-state index contributed by atoms with van der Waals surface area (Å²) in [6, 6.07) is 6.99. The lowest BCUT2D eigenvalue weighted by atomic mass is 10.2. The number of benzene rings is 1. The molecular formula is C20H24N4O6S2. The van der Waals surface area contributed by atoms with E-state index in [-0.39, 0.29) is 16.3 Å². The van der Waals surface area contributed by atoms with Crippen LogP contribution in [0.2, 0.25) is 0 Å². The van der Waals surface area contributed by atoms with E-state index in [0.29, 0.717) is 23.9 Å². The molecule has 1 aromatic carbocycles. The quantitative estimate of drug-likeness (QED) is 0.346. The van der Waals surface area contributed by atoms with Crippen molar-refractivity contribution in [3.63, 3.8) is 0 Å². The standard InChI is InChI=1S/C20H24N4O6S2/c1-14(20(25)22-17-12-15(24(26)27)6-8-18(17)30-2)31-19-9-7-16(13-21-19)32(28,29)23-10-4-3-5-11-23/h6-9,12-14H,3-5,10-11H2,1-2H3,(H,22,25). The lowest BCUT2D eigenvalue weighted by molar-refractivity contribution is -0.384. The molecule has 1 aromatic heterocycles. The van der Waals surface area contributed by atoms with Crippen molar-refractivity contribution in [2.75, 3.05) is 25.5 Å². The summed E-state index contributed by atoms with van der Waals surface area (Å²) in [7, 11) is -2.17. The first-order chi connectivity index (χ1) is 15.2. The molecule has 1 amide bonds. The van der Waals surface area contributed by atoms with Crippen molar-refractivity contribution in [3.8, 4) is 5.75 Å². The molecule has 1 unspecified atom stereocenters. The van der Waals surface area contributed by atoms with Crippen LogP contribution in [0.1, 0.15) is 26.2 Å². The number of carbonyl (C=O) groups excluding carboxylic acids is 1. The average Bonchev–Trinajstić information content (AvgIpc) is 2.79. The number of hydrogen-bond donors (Lipinski definition) is 1. The second-order valence-electron chi connectivity index (χ2n) is 7.19. The Morgan fingerprint density at radius 2 is 1.97 bits per heavy atom. The van der Waals surface area contributed by atoms with Gasteiger partial charge in [-0.15, -0.1) is 0 Å². The van der Waals surface area contributed by atoms with Crippen LogP contribution in [0, 0.1) is 10.1 Å². The summed E-state index contributed by atoms with van der Waals surface area (Å²) in [6.07, 6.45) is 4.04. The van der Waals surface area contributed by atoms with Crippen LogP contribution in [0.15, 0.2) is 46.5 Å². The zero-order valence-corrected chi connectivity index (χ0v) is 19.3. The topological polar surface area (TPSA) is 132 Å². The Bertz CT molecular complexity index is 1090. The van der Waals surface area contributed by atoms with Gasteiger partial charge in [0.15, 0.2) is 0 Å². The minimum atomic E-state index is -3.57. The smallest absolute Gasteiger partial charge is 0.271 e. The summed E-state index contributed by atoms with van der Waals surface area (Å²) in [4.78, 5) is 27.4. The van der Waals surface area contributed by atoms with Crippen molar-refractivity contribution >= 4 is 39.1 Å². The summed E-state index contributed by atoms with van der Waals surface area (Å²) < 4.78 is 32.1. The van der Waals surface area contributed by atoms with Crippen LogP contribution in [-0.2, 0) is 14.8 Å². The van der Waals surface area contributed by atoms with Crippen molar-refractivity contribution < 1.29 is 22.9 Å². The number of ether oxygens (including phenoxy) is 1. The number of pyridine rings is 1. The number of sulfonamides is 1. The van der Waals surface area contributed by atoms with E-state index in [0.717, 1.165) is 31.0 Å². The third-order valence-electron chi connectivity index (χ3n) is 4.98. The molecule has 1 N–H and O–H groups in total. The number of nitrogens with one attached hydrogen (secondary N) is 1. The fourth-order valence-electron chi connectivity index (χ4n) is 3.22. The Labute approximate surface area is 190 Å². The summed E-state index contributed by atoms with van der Waals surface area (Å²) >= 11 is 1.14. The molecule has 0 radical (unpaired) electrons. The molecule has 1 aliphatic heterocycles. The molecular weight excluding hydrogens is 456 g/mol. The molecule has 0 aliphatic carbocycles. The van der Waals surface area contributed by atoms with Gasteiger partial charge in [-0.3, -0.25) is 14.9 Å². The van der Waals surface area contributed by atoms with E-state index >= 15 is 0 Å². The average molecular weight is 481 g/mol. The highest BCUT2D eigenvalue weighted by atomic mass is 32.2. The van der Waals surface area contributed by atoms with Gasteiger partial charge in [0.2, 0.25) is 15.9 Å². The highest BCUT2D eigenvalue weighted by Crippen LogP contribution is 2.30. The third kappa shape index (κ3) is 5.56. The fraction of sp³-hybridized carbons (Fsp3) is 0.400. The van der Waals surface area contributed by atoms with Gasteiger partial charge in [0.05, 0.1) is 28.0 Å². The van der Waals surface area contributed by atoms with E-state index < -0.39 is 26.1 Å². The zero-order chi connectivity index (χ0) is 23.3. The van der Waals surface area contributed by atoms with Crippen LogP contribution < -0.4 is 10.1 Å². The van der Waals surface area contributed by atoms with Crippen LogP contribution in [0.25, 0.3) is 0 Å². The van der Waals surface area contributed by atoms with Crippen LogP contribution in [0.4, 0.5) is 11.4 Å². The van der Waals surface area contributed by atoms with Crippen molar-refractivity contribution in [3.05, 3.63) is 46.6 Å². The van der Waals surface area contributed by atoms with Crippen molar-refractivity contribution in [1.29, 1.82) is 0 Å². The molecule has 32 heavy (non-hydrogen) atoms. The molecule has 12 heteroatoms. The van der Waals surface area contributed by atoms with E-state index in [1.54, 1.807) is 13.0 Å². The number of hydrogen-bond acceptors (Lipinski definition) is 8. The summed E-state index contributed by atoms with van der Waals surface area (Å²) in [5, 5.41) is 13.5. The Kier molecular flexibility index (Phi) is 7.69. The predicted octanol–water partition coefficient (Wildman–Crippen LogP) is 3.29. The Morgan fingerprint density at radius 1 is 1.25 bits per heavy atom. The molecule has 1 fully saturated rings. The minimum absolute atomic E-state index is 0.127. The number of rotatable bonds is 8. The van der Waals surface area contributed by atoms with Crippen LogP contribution >= 0.6 is 11.8 Å². The van der Waals surface area contributed by atoms with Crippen LogP contribution in [-0.4, -0.2) is 54.0 Å². The SMILES string of the molecule is COc1ccc([N+](=O)[O-])cc1NC(=O)C(C)Sc1ccc(S(=O)(=O)N2CCCCC2)cn1. The normalized spacial score (nSPS) is 15.7. The number of piperidine rings is 1. The van der Waals surface area contributed by atoms with Gasteiger partial charge in [0.1, 0.15) is 10.6 Å². The van der Waals surface area contributed by atoms with Gasteiger partial charge in [-0.1, -0.05) is 18.2 Å². The van der Waals surface area contributed by atoms with Gasteiger partial charge in [-0.25, -0.2) is 13.4 Å². The number of amides is 1. The van der Waals surface area contributed by atoms with Gasteiger partial charge in [-0.2, -0.15) is 4.31 Å². The number of nitrogens with zero attached hydrogens (tertiary/aromatic N) is 3. The number of non-ortho nitro benzene ring substituents is 1. The lowest BCUT2D eigenvalue weighted by Crippen LogP contribution is -2.35. The fourth-order valence-corrected chi connectivity index (χ4v) is 5.47. The first kappa shape index (κ1) is 24.0. The number of nitro groups is 1. The van der Waals surface area contributed by atoms with Gasteiger partial charge >= 0.3 is 0 Å². The van der Waals surface area contributed by atoms with E-state index in [4.69, 9.17) is 4.74 Å². The Morgan fingerprint density at radius 3 is 2.56 bits per heavy atom. The number of methoxy groups -OCH3 is 1. The Balaban J connectivity index is 1.67. The second kappa shape index (κ2) is 10.3. The highest BCUT2D eigenvalue weighted by Gasteiger charge is 2.26. The molecule has 0 bridgehead atoms. The number of nitro benzene ring substituents is 1. The largest absolute Gasteiger partial charge is 0.495 e. The van der Waals surface area contributed by atoms with E-state index in [1.165, 1.54) is 41.9 Å². The minimum Gasteiger partial charge on any atom is -0.495 e. The monoisotopic (exact) mass is 480 g/mol. The number of carbonyl (C=O) groups is 1. The molecule has 2 aromatic rings. The van der Waals surface area contributed by atoms with Crippen LogP contribution in [0.5, 0.6) is 5.75 Å². The molecule has 10 nitrogen and oxygen atoms in total. The van der Waals surface area contributed by atoms with Crippen molar-refractivity contribution in [2.24, 2.45) is 0 Å². The van der Waals surface area contributed by atoms with Gasteiger partial charge < -0.3 is 10.1 Å². The predicted molar refractivity (Wildman–Crippen MR) is 120 cm³/mol. The summed E-state index contributed by atoms with van der Waals surface area (Å²) in [5.41, 5.74) is 0.0173. The molecule has 3 rings (SSSR count). The molecule has 1 saturated heterocycles. The maximum atomic E-state index is 12.7. The zero-order valence-electron chi connectivity index (χ0n) is 17.7. The van der Waals surface area contributed by atoms with E-state index in [2.05, 4.69) is 10.3 Å². The maximum Gasteiger partial charge on any atom is 0.271 e. The molecule has 1 atom stereocenters. The maximum absolute atomic E-state index is 12.7. The third-order valence-corrected chi connectivity index (χ3v) is 7.91. The number of thioether (sulfide) groups is 1. The molecule has 0 saturated carbocycles. The highest BCUT2D eigenvalue weighted by molar-refractivity contribution is 8.00. The Hall–Kier alpha value is -2.70. The summed E-state index contributed by atoms with van der Waals surface area (Å²) in [5.74, 6) is -0.104. The first-order valence-electron chi connectivity index (χ1n) is 9.98. The van der Waals surface area contributed by atoms with Gasteiger partial charge in [0, 0.05) is 31.4 Å². The number of aromatic nitrogens is 1. The van der Waals surface area contributed by atoms with Crippen molar-refractivity contribution in [2.45, 2.75) is 41.4 Å². The molecule has 1 aliphatic rings. The first-order valence-corrected chi connectivity index (χ1v) is 12.3. The lowest BCUT2D eigenvalue weighted by Gasteiger charge is -2.25. The van der Waals surface area contributed by atoms with Crippen LogP contribution in [0.3, 0.4) is 0 Å². The molecule has 2 heterocycles. The van der Waals surface area contributed by atoms with E-state index in [1.807, 2.05) is 0 Å². The second-order valence-corrected chi connectivity index (χ2v) is 10.5. The van der Waals surface area contributed by atoms with Gasteiger partial charge in [-0.05, 0) is 38.0 Å². The number of anilines is 1. The molecule has 172 valence electrons. The molecule has 0 spiro atoms. The van der Waals surface area contributed by atoms with Crippen molar-refractivity contribution in [1.82, 2.24) is 9.29 Å².